The van der Waals surface area contributed by atoms with Gasteiger partial charge in [0.15, 0.2) is 5.69 Å². The van der Waals surface area contributed by atoms with Gasteiger partial charge >= 0.3 is 6.18 Å². The number of aromatic nitrogens is 2. The van der Waals surface area contributed by atoms with Gasteiger partial charge in [0.2, 0.25) is 0 Å². The van der Waals surface area contributed by atoms with Crippen molar-refractivity contribution in [2.75, 3.05) is 17.2 Å². The van der Waals surface area contributed by atoms with Crippen molar-refractivity contribution in [1.29, 1.82) is 0 Å². The first-order chi connectivity index (χ1) is 12.1. The van der Waals surface area contributed by atoms with Crippen LogP contribution in [0.5, 0.6) is 0 Å². The van der Waals surface area contributed by atoms with E-state index in [4.69, 9.17) is 11.5 Å². The fourth-order valence-corrected chi connectivity index (χ4v) is 2.24. The summed E-state index contributed by atoms with van der Waals surface area (Å²) in [6, 6.07) is 3.01. The molecule has 10 heteroatoms. The number of anilines is 3. The number of pyridine rings is 2. The Labute approximate surface area is 148 Å². The van der Waals surface area contributed by atoms with Gasteiger partial charge in [-0.3, -0.25) is 4.79 Å². The SMILES string of the molecule is Cc1cc(C)nc(Nc2cc(NCC(N)C(F)(F)F)cnc2C(N)=O)c1. The van der Waals surface area contributed by atoms with E-state index in [2.05, 4.69) is 20.6 Å². The van der Waals surface area contributed by atoms with Crippen molar-refractivity contribution in [3.63, 3.8) is 0 Å². The van der Waals surface area contributed by atoms with E-state index in [-0.39, 0.29) is 17.1 Å². The smallest absolute Gasteiger partial charge is 0.382 e. The molecule has 0 radical (unpaired) electrons. The molecule has 140 valence electrons. The Balaban J connectivity index is 2.26. The third-order valence-corrected chi connectivity index (χ3v) is 3.43. The summed E-state index contributed by atoms with van der Waals surface area (Å²) in [6.07, 6.45) is -3.30. The fraction of sp³-hybridized carbons (Fsp3) is 0.312. The lowest BCUT2D eigenvalue weighted by atomic mass is 10.2. The monoisotopic (exact) mass is 368 g/mol. The second-order valence-electron chi connectivity index (χ2n) is 5.81. The molecule has 0 saturated carbocycles. The number of carbonyl (C=O) groups is 1. The molecule has 0 fully saturated rings. The highest BCUT2D eigenvalue weighted by atomic mass is 19.4. The predicted octanol–water partition coefficient (Wildman–Crippen LogP) is 2.24. The molecule has 2 aromatic heterocycles. The van der Waals surface area contributed by atoms with E-state index in [9.17, 15) is 18.0 Å². The quantitative estimate of drug-likeness (QED) is 0.621. The van der Waals surface area contributed by atoms with Gasteiger partial charge in [0, 0.05) is 12.2 Å². The number of amides is 1. The number of nitrogens with one attached hydrogen (secondary N) is 2. The molecule has 0 aliphatic carbocycles. The molecule has 0 aromatic carbocycles. The van der Waals surface area contributed by atoms with Crippen LogP contribution in [0.1, 0.15) is 21.7 Å². The highest BCUT2D eigenvalue weighted by Gasteiger charge is 2.36. The van der Waals surface area contributed by atoms with E-state index < -0.39 is 24.7 Å². The van der Waals surface area contributed by atoms with Crippen molar-refractivity contribution in [2.45, 2.75) is 26.1 Å². The van der Waals surface area contributed by atoms with Crippen LogP contribution in [0.2, 0.25) is 0 Å². The molecule has 0 aliphatic heterocycles. The number of primary amides is 1. The molecule has 1 unspecified atom stereocenters. The van der Waals surface area contributed by atoms with Gasteiger partial charge in [0.1, 0.15) is 11.9 Å². The van der Waals surface area contributed by atoms with E-state index in [0.717, 1.165) is 11.3 Å². The Kier molecular flexibility index (Phi) is 5.66. The van der Waals surface area contributed by atoms with Crippen LogP contribution in [-0.2, 0) is 0 Å². The zero-order chi connectivity index (χ0) is 19.5. The van der Waals surface area contributed by atoms with Crippen LogP contribution >= 0.6 is 0 Å². The minimum atomic E-state index is -4.52. The number of rotatable bonds is 6. The number of halogens is 3. The number of hydrogen-bond donors (Lipinski definition) is 4. The lowest BCUT2D eigenvalue weighted by molar-refractivity contribution is -0.144. The summed E-state index contributed by atoms with van der Waals surface area (Å²) in [5, 5.41) is 5.47. The fourth-order valence-electron chi connectivity index (χ4n) is 2.24. The van der Waals surface area contributed by atoms with Crippen LogP contribution in [0, 0.1) is 13.8 Å². The van der Waals surface area contributed by atoms with Gasteiger partial charge in [-0.05, 0) is 37.6 Å². The minimum Gasteiger partial charge on any atom is -0.382 e. The third-order valence-electron chi connectivity index (χ3n) is 3.43. The van der Waals surface area contributed by atoms with Crippen LogP contribution in [-0.4, -0.2) is 34.6 Å². The highest BCUT2D eigenvalue weighted by Crippen LogP contribution is 2.24. The number of hydrogen-bond acceptors (Lipinski definition) is 6. The first-order valence-corrected chi connectivity index (χ1v) is 7.64. The summed E-state index contributed by atoms with van der Waals surface area (Å²) in [7, 11) is 0. The number of nitrogens with two attached hydrogens (primary N) is 2. The van der Waals surface area contributed by atoms with Gasteiger partial charge in [-0.2, -0.15) is 13.2 Å². The van der Waals surface area contributed by atoms with Gasteiger partial charge in [-0.1, -0.05) is 0 Å². The average molecular weight is 368 g/mol. The maximum atomic E-state index is 12.5. The summed E-state index contributed by atoms with van der Waals surface area (Å²) in [5.41, 5.74) is 12.5. The van der Waals surface area contributed by atoms with Crippen molar-refractivity contribution < 1.29 is 18.0 Å². The van der Waals surface area contributed by atoms with Crippen LogP contribution in [0.15, 0.2) is 24.4 Å². The van der Waals surface area contributed by atoms with Crippen LogP contribution in [0.3, 0.4) is 0 Å². The van der Waals surface area contributed by atoms with Gasteiger partial charge in [-0.15, -0.1) is 0 Å². The average Bonchev–Trinajstić information content (AvgIpc) is 2.50. The molecule has 26 heavy (non-hydrogen) atoms. The molecule has 0 aliphatic rings. The Hall–Kier alpha value is -2.88. The highest BCUT2D eigenvalue weighted by molar-refractivity contribution is 5.97. The Morgan fingerprint density at radius 3 is 2.54 bits per heavy atom. The number of aryl methyl sites for hydroxylation is 2. The maximum absolute atomic E-state index is 12.5. The van der Waals surface area contributed by atoms with Gasteiger partial charge < -0.3 is 22.1 Å². The molecule has 0 bridgehead atoms. The summed E-state index contributed by atoms with van der Waals surface area (Å²) in [4.78, 5) is 19.8. The molecule has 0 saturated heterocycles. The summed E-state index contributed by atoms with van der Waals surface area (Å²) >= 11 is 0. The summed E-state index contributed by atoms with van der Waals surface area (Å²) < 4.78 is 37.5. The molecule has 1 atom stereocenters. The molecule has 2 aromatic rings. The summed E-state index contributed by atoms with van der Waals surface area (Å²) in [6.45, 7) is 3.15. The normalized spacial score (nSPS) is 12.5. The van der Waals surface area contributed by atoms with E-state index in [1.807, 2.05) is 19.9 Å². The standard InChI is InChI=1S/C16H19F3N6O/c1-8-3-9(2)24-13(4-8)25-11-5-10(6-23-14(11)15(21)26)22-7-12(20)16(17,18)19/h3-6,12,22H,7,20H2,1-2H3,(H2,21,26)(H,24,25). The van der Waals surface area contributed by atoms with Gasteiger partial charge in [-0.25, -0.2) is 9.97 Å². The predicted molar refractivity (Wildman–Crippen MR) is 92.3 cm³/mol. The van der Waals surface area contributed by atoms with Crippen LogP contribution in [0.4, 0.5) is 30.4 Å². The molecule has 2 rings (SSSR count). The molecular weight excluding hydrogens is 349 g/mol. The second kappa shape index (κ2) is 7.56. The zero-order valence-corrected chi connectivity index (χ0v) is 14.2. The van der Waals surface area contributed by atoms with E-state index >= 15 is 0 Å². The van der Waals surface area contributed by atoms with E-state index in [1.165, 1.54) is 12.3 Å². The zero-order valence-electron chi connectivity index (χ0n) is 14.2. The van der Waals surface area contributed by atoms with Crippen molar-refractivity contribution in [3.8, 4) is 0 Å². The first kappa shape index (κ1) is 19.4. The molecule has 0 spiro atoms. The van der Waals surface area contributed by atoms with E-state index in [1.54, 1.807) is 6.07 Å². The van der Waals surface area contributed by atoms with E-state index in [0.29, 0.717) is 5.82 Å². The lowest BCUT2D eigenvalue weighted by Gasteiger charge is -2.17. The summed E-state index contributed by atoms with van der Waals surface area (Å²) in [5.74, 6) is -0.327. The molecular formula is C16H19F3N6O. The van der Waals surface area contributed by atoms with Gasteiger partial charge in [0.25, 0.3) is 5.91 Å². The molecule has 1 amide bonds. The maximum Gasteiger partial charge on any atom is 0.405 e. The van der Waals surface area contributed by atoms with Gasteiger partial charge in [0.05, 0.1) is 17.6 Å². The molecule has 6 N–H and O–H groups in total. The Morgan fingerprint density at radius 1 is 1.27 bits per heavy atom. The molecule has 2 heterocycles. The largest absolute Gasteiger partial charge is 0.405 e. The number of carbonyl (C=O) groups excluding carboxylic acids is 1. The minimum absolute atomic E-state index is 0.0587. The van der Waals surface area contributed by atoms with Crippen LogP contribution < -0.4 is 22.1 Å². The van der Waals surface area contributed by atoms with Crippen molar-refractivity contribution >= 4 is 23.1 Å². The van der Waals surface area contributed by atoms with Crippen molar-refractivity contribution in [2.24, 2.45) is 11.5 Å². The number of nitrogens with zero attached hydrogens (tertiary/aromatic N) is 2. The lowest BCUT2D eigenvalue weighted by Crippen LogP contribution is -2.42. The number of alkyl halides is 3. The van der Waals surface area contributed by atoms with Crippen molar-refractivity contribution in [1.82, 2.24) is 9.97 Å². The van der Waals surface area contributed by atoms with Crippen LogP contribution in [0.25, 0.3) is 0 Å². The topological polar surface area (TPSA) is 119 Å². The Bertz CT molecular complexity index is 789. The Morgan fingerprint density at radius 2 is 1.96 bits per heavy atom. The first-order valence-electron chi connectivity index (χ1n) is 7.64. The second-order valence-corrected chi connectivity index (χ2v) is 5.81. The molecule has 7 nitrogen and oxygen atoms in total. The third kappa shape index (κ3) is 5.06. The van der Waals surface area contributed by atoms with Crippen molar-refractivity contribution in [3.05, 3.63) is 41.3 Å².